The molecule has 0 aliphatic heterocycles. The largest absolute Gasteiger partial charge is 0.384 e. The van der Waals surface area contributed by atoms with Gasteiger partial charge in [0, 0.05) is 10.5 Å². The minimum Gasteiger partial charge on any atom is -0.384 e. The first kappa shape index (κ1) is 10.1. The number of hydrogen-bond acceptors (Lipinski definition) is 2. The maximum absolute atomic E-state index is 7.42. The second-order valence-electron chi connectivity index (χ2n) is 2.80. The molecule has 1 aromatic carbocycles. The van der Waals surface area contributed by atoms with E-state index in [2.05, 4.69) is 6.92 Å². The molecule has 0 fully saturated rings. The SMILES string of the molecule is CCSc1c(C)cccc1C(=N)N. The fraction of sp³-hybridized carbons (Fsp3) is 0.300. The van der Waals surface area contributed by atoms with Crippen molar-refractivity contribution in [2.24, 2.45) is 5.73 Å². The molecule has 0 bridgehead atoms. The molecule has 1 rings (SSSR count). The van der Waals surface area contributed by atoms with Gasteiger partial charge in [0.1, 0.15) is 5.84 Å². The van der Waals surface area contributed by atoms with Crippen LogP contribution in [0.3, 0.4) is 0 Å². The van der Waals surface area contributed by atoms with E-state index in [0.29, 0.717) is 0 Å². The van der Waals surface area contributed by atoms with Gasteiger partial charge in [0.2, 0.25) is 0 Å². The number of thioether (sulfide) groups is 1. The van der Waals surface area contributed by atoms with Crippen molar-refractivity contribution in [3.05, 3.63) is 29.3 Å². The van der Waals surface area contributed by atoms with Gasteiger partial charge < -0.3 is 5.73 Å². The van der Waals surface area contributed by atoms with Gasteiger partial charge in [-0.25, -0.2) is 0 Å². The van der Waals surface area contributed by atoms with Gasteiger partial charge in [0.25, 0.3) is 0 Å². The highest BCUT2D eigenvalue weighted by molar-refractivity contribution is 7.99. The lowest BCUT2D eigenvalue weighted by Crippen LogP contribution is -2.12. The molecule has 0 radical (unpaired) electrons. The average molecular weight is 194 g/mol. The highest BCUT2D eigenvalue weighted by atomic mass is 32.2. The Morgan fingerprint density at radius 1 is 1.54 bits per heavy atom. The molecule has 0 aromatic heterocycles. The summed E-state index contributed by atoms with van der Waals surface area (Å²) in [5.41, 5.74) is 7.53. The zero-order valence-electron chi connectivity index (χ0n) is 7.92. The fourth-order valence-electron chi connectivity index (χ4n) is 1.20. The summed E-state index contributed by atoms with van der Waals surface area (Å²) in [7, 11) is 0. The van der Waals surface area contributed by atoms with E-state index in [1.807, 2.05) is 25.1 Å². The second kappa shape index (κ2) is 4.33. The molecule has 70 valence electrons. The van der Waals surface area contributed by atoms with E-state index < -0.39 is 0 Å². The Bertz CT molecular complexity index is 321. The molecule has 0 atom stereocenters. The van der Waals surface area contributed by atoms with Crippen molar-refractivity contribution < 1.29 is 0 Å². The fourth-order valence-corrected chi connectivity index (χ4v) is 2.12. The van der Waals surface area contributed by atoms with Crippen molar-refractivity contribution in [2.45, 2.75) is 18.7 Å². The molecule has 0 saturated carbocycles. The molecular formula is C10H14N2S. The number of nitrogen functional groups attached to an aromatic ring is 1. The lowest BCUT2D eigenvalue weighted by molar-refractivity contribution is 1.25. The second-order valence-corrected chi connectivity index (χ2v) is 4.07. The number of nitrogens with two attached hydrogens (primary N) is 1. The van der Waals surface area contributed by atoms with Gasteiger partial charge in [-0.2, -0.15) is 0 Å². The Balaban J connectivity index is 3.17. The third-order valence-electron chi connectivity index (χ3n) is 1.79. The van der Waals surface area contributed by atoms with Crippen LogP contribution < -0.4 is 5.73 Å². The monoisotopic (exact) mass is 194 g/mol. The highest BCUT2D eigenvalue weighted by Crippen LogP contribution is 2.25. The summed E-state index contributed by atoms with van der Waals surface area (Å²) in [6, 6.07) is 5.88. The third-order valence-corrected chi connectivity index (χ3v) is 2.91. The Kier molecular flexibility index (Phi) is 3.37. The Hall–Kier alpha value is -0.960. The smallest absolute Gasteiger partial charge is 0.123 e. The van der Waals surface area contributed by atoms with Crippen LogP contribution in [0, 0.1) is 12.3 Å². The predicted octanol–water partition coefficient (Wildman–Crippen LogP) is 2.39. The molecule has 3 heteroatoms. The van der Waals surface area contributed by atoms with E-state index in [1.165, 1.54) is 5.56 Å². The van der Waals surface area contributed by atoms with Crippen LogP contribution >= 0.6 is 11.8 Å². The van der Waals surface area contributed by atoms with Gasteiger partial charge in [-0.1, -0.05) is 25.1 Å². The van der Waals surface area contributed by atoms with Crippen molar-refractivity contribution in [1.82, 2.24) is 0 Å². The highest BCUT2D eigenvalue weighted by Gasteiger charge is 2.06. The van der Waals surface area contributed by atoms with Gasteiger partial charge in [-0.05, 0) is 18.2 Å². The van der Waals surface area contributed by atoms with Crippen LogP contribution in [-0.2, 0) is 0 Å². The topological polar surface area (TPSA) is 49.9 Å². The van der Waals surface area contributed by atoms with Crippen molar-refractivity contribution in [1.29, 1.82) is 5.41 Å². The Labute approximate surface area is 83.0 Å². The first-order valence-corrected chi connectivity index (χ1v) is 5.22. The van der Waals surface area contributed by atoms with Crippen molar-refractivity contribution >= 4 is 17.6 Å². The molecule has 0 heterocycles. The zero-order chi connectivity index (χ0) is 9.84. The molecule has 0 aliphatic rings. The van der Waals surface area contributed by atoms with E-state index in [0.717, 1.165) is 16.2 Å². The summed E-state index contributed by atoms with van der Waals surface area (Å²) in [4.78, 5) is 1.14. The third kappa shape index (κ3) is 2.25. The van der Waals surface area contributed by atoms with Crippen LogP contribution in [0.2, 0.25) is 0 Å². The normalized spacial score (nSPS) is 10.0. The van der Waals surface area contributed by atoms with Gasteiger partial charge in [-0.3, -0.25) is 5.41 Å². The first-order valence-electron chi connectivity index (χ1n) is 4.23. The number of rotatable bonds is 3. The first-order chi connectivity index (χ1) is 6.16. The number of nitrogens with one attached hydrogen (secondary N) is 1. The van der Waals surface area contributed by atoms with Crippen LogP contribution in [0.25, 0.3) is 0 Å². The minimum atomic E-state index is 0.152. The number of benzene rings is 1. The molecule has 0 amide bonds. The van der Waals surface area contributed by atoms with Gasteiger partial charge in [-0.15, -0.1) is 11.8 Å². The van der Waals surface area contributed by atoms with Gasteiger partial charge >= 0.3 is 0 Å². The van der Waals surface area contributed by atoms with Crippen molar-refractivity contribution in [3.63, 3.8) is 0 Å². The molecular weight excluding hydrogens is 180 g/mol. The molecule has 3 N–H and O–H groups in total. The van der Waals surface area contributed by atoms with Crippen LogP contribution in [-0.4, -0.2) is 11.6 Å². The van der Waals surface area contributed by atoms with Gasteiger partial charge in [0.15, 0.2) is 0 Å². The van der Waals surface area contributed by atoms with E-state index in [9.17, 15) is 0 Å². The van der Waals surface area contributed by atoms with Crippen molar-refractivity contribution in [2.75, 3.05) is 5.75 Å². The zero-order valence-corrected chi connectivity index (χ0v) is 8.74. The van der Waals surface area contributed by atoms with E-state index in [-0.39, 0.29) is 5.84 Å². The van der Waals surface area contributed by atoms with Gasteiger partial charge in [0.05, 0.1) is 0 Å². The van der Waals surface area contributed by atoms with Crippen LogP contribution in [0.5, 0.6) is 0 Å². The molecule has 0 unspecified atom stereocenters. The van der Waals surface area contributed by atoms with E-state index in [4.69, 9.17) is 11.1 Å². The summed E-state index contributed by atoms with van der Waals surface area (Å²) in [6.45, 7) is 4.14. The van der Waals surface area contributed by atoms with E-state index >= 15 is 0 Å². The number of aryl methyl sites for hydroxylation is 1. The molecule has 0 aliphatic carbocycles. The summed E-state index contributed by atoms with van der Waals surface area (Å²) in [5, 5.41) is 7.42. The lowest BCUT2D eigenvalue weighted by atomic mass is 10.1. The molecule has 0 spiro atoms. The maximum atomic E-state index is 7.42. The molecule has 0 saturated heterocycles. The Morgan fingerprint density at radius 2 is 2.23 bits per heavy atom. The van der Waals surface area contributed by atoms with Crippen LogP contribution in [0.4, 0.5) is 0 Å². The maximum Gasteiger partial charge on any atom is 0.123 e. The summed E-state index contributed by atoms with van der Waals surface area (Å²) in [5.74, 6) is 1.16. The number of hydrogen-bond donors (Lipinski definition) is 2. The summed E-state index contributed by atoms with van der Waals surface area (Å²) >= 11 is 1.74. The van der Waals surface area contributed by atoms with Crippen molar-refractivity contribution in [3.8, 4) is 0 Å². The quantitative estimate of drug-likeness (QED) is 0.441. The average Bonchev–Trinajstić information content (AvgIpc) is 2.08. The number of amidine groups is 1. The Morgan fingerprint density at radius 3 is 2.77 bits per heavy atom. The van der Waals surface area contributed by atoms with Crippen LogP contribution in [0.15, 0.2) is 23.1 Å². The summed E-state index contributed by atoms with van der Waals surface area (Å²) < 4.78 is 0. The lowest BCUT2D eigenvalue weighted by Gasteiger charge is -2.09. The molecule has 13 heavy (non-hydrogen) atoms. The van der Waals surface area contributed by atoms with E-state index in [1.54, 1.807) is 11.8 Å². The van der Waals surface area contributed by atoms with Crippen LogP contribution in [0.1, 0.15) is 18.1 Å². The summed E-state index contributed by atoms with van der Waals surface area (Å²) in [6.07, 6.45) is 0. The standard InChI is InChI=1S/C10H14N2S/c1-3-13-9-7(2)5-4-6-8(9)10(11)12/h4-6H,3H2,1-2H3,(H3,11,12). The molecule has 2 nitrogen and oxygen atoms in total. The molecule has 1 aromatic rings. The minimum absolute atomic E-state index is 0.152. The predicted molar refractivity (Wildman–Crippen MR) is 58.6 cm³/mol.